The molecular weight excluding hydrogens is 524 g/mol. The van der Waals surface area contributed by atoms with Gasteiger partial charge < -0.3 is 19.6 Å². The highest BCUT2D eigenvalue weighted by Gasteiger charge is 2.36. The Bertz CT molecular complexity index is 1290. The van der Waals surface area contributed by atoms with Crippen molar-refractivity contribution in [2.45, 2.75) is 65.0 Å². The molecule has 0 saturated carbocycles. The van der Waals surface area contributed by atoms with Crippen molar-refractivity contribution in [3.63, 3.8) is 0 Å². The van der Waals surface area contributed by atoms with Gasteiger partial charge in [-0.25, -0.2) is 4.98 Å². The second kappa shape index (κ2) is 13.6. The fourth-order valence-corrected chi connectivity index (χ4v) is 7.03. The van der Waals surface area contributed by atoms with Gasteiger partial charge in [-0.3, -0.25) is 9.69 Å². The van der Waals surface area contributed by atoms with Crippen LogP contribution in [0, 0.1) is 11.3 Å². The van der Waals surface area contributed by atoms with E-state index in [1.165, 1.54) is 48.3 Å². The molecule has 4 aliphatic rings. The number of nitriles is 1. The van der Waals surface area contributed by atoms with Crippen LogP contribution in [0.15, 0.2) is 36.9 Å². The summed E-state index contributed by atoms with van der Waals surface area (Å²) in [7, 11) is 0. The molecule has 224 valence electrons. The fraction of sp³-hybridized carbons (Fsp3) is 0.576. The predicted octanol–water partition coefficient (Wildman–Crippen LogP) is 3.68. The number of anilines is 3. The number of fused-ring (bicyclic) bond motifs is 2. The summed E-state index contributed by atoms with van der Waals surface area (Å²) >= 11 is 0. The smallest absolute Gasteiger partial charge is 0.246 e. The van der Waals surface area contributed by atoms with Gasteiger partial charge in [0.2, 0.25) is 11.9 Å². The Kier molecular flexibility index (Phi) is 9.63. The average Bonchev–Trinajstić information content (AvgIpc) is 3.01. The van der Waals surface area contributed by atoms with Crippen molar-refractivity contribution in [3.05, 3.63) is 53.7 Å². The molecular formula is C33H46N8O. The Balaban J connectivity index is 0.00000113. The monoisotopic (exact) mass is 570 g/mol. The first-order chi connectivity index (χ1) is 20.5. The number of piperazine rings is 1. The van der Waals surface area contributed by atoms with Crippen LogP contribution in [0.5, 0.6) is 0 Å². The topological polar surface area (TPSA) is 82.8 Å². The van der Waals surface area contributed by atoms with E-state index in [1.54, 1.807) is 6.07 Å². The Morgan fingerprint density at radius 3 is 2.48 bits per heavy atom. The van der Waals surface area contributed by atoms with Crippen LogP contribution in [0.1, 0.15) is 50.4 Å². The van der Waals surface area contributed by atoms with Crippen LogP contribution in [0.2, 0.25) is 0 Å². The second-order valence-electron chi connectivity index (χ2n) is 11.6. The van der Waals surface area contributed by atoms with E-state index < -0.39 is 0 Å². The molecule has 0 spiro atoms. The third-order valence-corrected chi connectivity index (χ3v) is 9.34. The van der Waals surface area contributed by atoms with Crippen LogP contribution in [-0.4, -0.2) is 96.7 Å². The summed E-state index contributed by atoms with van der Waals surface area (Å²) in [5, 5.41) is 7.32. The van der Waals surface area contributed by atoms with Crippen LogP contribution < -0.4 is 14.7 Å². The Hall–Kier alpha value is -3.64. The minimum Gasteiger partial charge on any atom is -0.368 e. The maximum absolute atomic E-state index is 12.2. The first kappa shape index (κ1) is 29.8. The highest BCUT2D eigenvalue weighted by atomic mass is 16.2. The molecule has 3 aliphatic heterocycles. The number of amides is 1. The molecule has 6 rings (SSSR count). The first-order valence-electron chi connectivity index (χ1n) is 15.7. The molecule has 1 amide bonds. The molecule has 9 nitrogen and oxygen atoms in total. The number of rotatable bonds is 7. The number of benzene rings is 1. The second-order valence-corrected chi connectivity index (χ2v) is 11.6. The van der Waals surface area contributed by atoms with E-state index in [0.29, 0.717) is 25.2 Å². The van der Waals surface area contributed by atoms with Gasteiger partial charge in [-0.15, -0.1) is 0 Å². The molecule has 1 unspecified atom stereocenters. The molecule has 1 aromatic heterocycles. The zero-order valence-corrected chi connectivity index (χ0v) is 25.6. The Labute approximate surface area is 251 Å². The van der Waals surface area contributed by atoms with Crippen molar-refractivity contribution < 1.29 is 4.79 Å². The summed E-state index contributed by atoms with van der Waals surface area (Å²) in [5.41, 5.74) is 5.45. The van der Waals surface area contributed by atoms with Crippen molar-refractivity contribution in [1.82, 2.24) is 19.8 Å². The van der Waals surface area contributed by atoms with Crippen LogP contribution in [-0.2, 0) is 24.1 Å². The largest absolute Gasteiger partial charge is 0.368 e. The summed E-state index contributed by atoms with van der Waals surface area (Å²) in [4.78, 5) is 34.5. The molecule has 1 aliphatic carbocycles. The van der Waals surface area contributed by atoms with Crippen molar-refractivity contribution in [1.29, 1.82) is 5.26 Å². The number of aryl methyl sites for hydroxylation is 1. The number of likely N-dealkylation sites (N-methyl/N-ethyl adjacent to an activating group) is 1. The number of para-hydroxylation sites is 1. The molecule has 42 heavy (non-hydrogen) atoms. The predicted molar refractivity (Wildman–Crippen MR) is 169 cm³/mol. The summed E-state index contributed by atoms with van der Waals surface area (Å²) in [6, 6.07) is 11.7. The molecule has 1 atom stereocenters. The normalized spacial score (nSPS) is 20.1. The van der Waals surface area contributed by atoms with E-state index in [1.807, 2.05) is 4.90 Å². The van der Waals surface area contributed by atoms with Gasteiger partial charge in [0.1, 0.15) is 5.82 Å². The van der Waals surface area contributed by atoms with Crippen molar-refractivity contribution in [2.24, 2.45) is 0 Å². The lowest BCUT2D eigenvalue weighted by atomic mass is 9.88. The zero-order valence-electron chi connectivity index (χ0n) is 25.6. The van der Waals surface area contributed by atoms with E-state index in [9.17, 15) is 4.79 Å². The summed E-state index contributed by atoms with van der Waals surface area (Å²) in [5.74, 6) is 2.01. The molecule has 2 aromatic rings. The fourth-order valence-electron chi connectivity index (χ4n) is 7.03. The first-order valence-corrected chi connectivity index (χ1v) is 15.7. The molecule has 9 heteroatoms. The molecule has 2 saturated heterocycles. The lowest BCUT2D eigenvalue weighted by Gasteiger charge is -2.46. The maximum atomic E-state index is 12.2. The minimum atomic E-state index is 0.0210. The van der Waals surface area contributed by atoms with E-state index in [4.69, 9.17) is 15.2 Å². The molecule has 0 radical (unpaired) electrons. The van der Waals surface area contributed by atoms with Gasteiger partial charge in [0.25, 0.3) is 0 Å². The summed E-state index contributed by atoms with van der Waals surface area (Å²) in [6.45, 7) is 17.9. The van der Waals surface area contributed by atoms with Crippen molar-refractivity contribution >= 4 is 23.4 Å². The van der Waals surface area contributed by atoms with Gasteiger partial charge in [-0.05, 0) is 56.5 Å². The number of nitrogens with zero attached hydrogens (tertiary/aromatic N) is 8. The third kappa shape index (κ3) is 6.10. The SMILES string of the molecule is C=CC(=O)N1CCN(c2nc(N3CC(N(CC)CC)C3)nc3c2CCC(N2CCCc4ccccc42)C3)CC1.CC#N. The van der Waals surface area contributed by atoms with Gasteiger partial charge >= 0.3 is 0 Å². The number of carbonyl (C=O) groups excluding carboxylic acids is 1. The van der Waals surface area contributed by atoms with E-state index >= 15 is 0 Å². The van der Waals surface area contributed by atoms with Gasteiger partial charge in [-0.1, -0.05) is 38.6 Å². The maximum Gasteiger partial charge on any atom is 0.246 e. The van der Waals surface area contributed by atoms with E-state index in [2.05, 4.69) is 64.3 Å². The van der Waals surface area contributed by atoms with Crippen LogP contribution >= 0.6 is 0 Å². The molecule has 0 N–H and O–H groups in total. The Morgan fingerprint density at radius 1 is 1.07 bits per heavy atom. The molecule has 1 aromatic carbocycles. The number of hydrogen-bond donors (Lipinski definition) is 0. The van der Waals surface area contributed by atoms with E-state index in [-0.39, 0.29) is 5.91 Å². The van der Waals surface area contributed by atoms with Crippen LogP contribution in [0.4, 0.5) is 17.5 Å². The Morgan fingerprint density at radius 2 is 1.79 bits per heavy atom. The average molecular weight is 571 g/mol. The van der Waals surface area contributed by atoms with Gasteiger partial charge in [0, 0.05) is 82.5 Å². The quantitative estimate of drug-likeness (QED) is 0.467. The number of aromatic nitrogens is 2. The van der Waals surface area contributed by atoms with E-state index in [0.717, 1.165) is 76.8 Å². The van der Waals surface area contributed by atoms with Gasteiger partial charge in [0.05, 0.1) is 11.8 Å². The standard InChI is InChI=1S/C31H43N7O.C2H3N/c1-4-29(39)35-16-18-36(19-17-35)30-26-14-13-24(38-15-9-11-23-10-7-8-12-28(23)38)20-27(26)32-31(33-30)37-21-25(22-37)34(5-2)6-3;1-2-3/h4,7-8,10,12,24-25H,1,5-6,9,11,13-22H2,2-3H3;1H3. The summed E-state index contributed by atoms with van der Waals surface area (Å²) in [6.07, 6.45) is 6.91. The third-order valence-electron chi connectivity index (χ3n) is 9.34. The van der Waals surface area contributed by atoms with Gasteiger partial charge in [-0.2, -0.15) is 10.2 Å². The van der Waals surface area contributed by atoms with Crippen LogP contribution in [0.3, 0.4) is 0 Å². The number of hydrogen-bond acceptors (Lipinski definition) is 8. The highest BCUT2D eigenvalue weighted by molar-refractivity contribution is 5.87. The van der Waals surface area contributed by atoms with Crippen molar-refractivity contribution in [3.8, 4) is 6.07 Å². The van der Waals surface area contributed by atoms with Gasteiger partial charge in [0.15, 0.2) is 0 Å². The minimum absolute atomic E-state index is 0.0210. The summed E-state index contributed by atoms with van der Waals surface area (Å²) < 4.78 is 0. The lowest BCUT2D eigenvalue weighted by molar-refractivity contribution is -0.126. The molecule has 4 heterocycles. The van der Waals surface area contributed by atoms with Crippen LogP contribution in [0.25, 0.3) is 0 Å². The van der Waals surface area contributed by atoms with Crippen molar-refractivity contribution in [2.75, 3.05) is 73.6 Å². The molecule has 0 bridgehead atoms. The zero-order chi connectivity index (χ0) is 29.6. The number of carbonyl (C=O) groups is 1. The molecule has 2 fully saturated rings. The lowest BCUT2D eigenvalue weighted by Crippen LogP contribution is -2.60. The highest BCUT2D eigenvalue weighted by Crippen LogP contribution is 2.37.